The number of halogens is 1. The Morgan fingerprint density at radius 2 is 1.96 bits per heavy atom. The highest BCUT2D eigenvalue weighted by Crippen LogP contribution is 2.38. The van der Waals surface area contributed by atoms with Crippen LogP contribution in [0.2, 0.25) is 5.02 Å². The van der Waals surface area contributed by atoms with E-state index >= 15 is 0 Å². The molecule has 2 heterocycles. The first-order valence-corrected chi connectivity index (χ1v) is 10.3. The number of aromatic nitrogens is 2. The van der Waals surface area contributed by atoms with Gasteiger partial charge in [0.15, 0.2) is 5.13 Å². The van der Waals surface area contributed by atoms with Crippen molar-refractivity contribution >= 4 is 39.0 Å². The summed E-state index contributed by atoms with van der Waals surface area (Å²) in [6.07, 6.45) is 0. The number of methoxy groups -OCH3 is 1. The minimum absolute atomic E-state index is 0.314. The lowest BCUT2D eigenvalue weighted by atomic mass is 10.1. The molecule has 0 fully saturated rings. The van der Waals surface area contributed by atoms with Crippen LogP contribution in [-0.4, -0.2) is 55.3 Å². The van der Waals surface area contributed by atoms with Crippen LogP contribution in [0.3, 0.4) is 0 Å². The van der Waals surface area contributed by atoms with Crippen LogP contribution in [0, 0.1) is 0 Å². The Hall–Kier alpha value is -2.09. The SMILES string of the molecule is COc1cc(-c2csc(NC(C)C)n2)nc2c(Cl)c(OCCN(C)C)ccc12. The average Bonchev–Trinajstić information content (AvgIpc) is 3.10. The number of nitrogens with zero attached hydrogens (tertiary/aromatic N) is 3. The van der Waals surface area contributed by atoms with Crippen LogP contribution in [0.4, 0.5) is 5.13 Å². The fourth-order valence-electron chi connectivity index (χ4n) is 2.66. The Bertz CT molecular complexity index is 959. The molecule has 0 radical (unpaired) electrons. The van der Waals surface area contributed by atoms with Crippen LogP contribution < -0.4 is 14.8 Å². The van der Waals surface area contributed by atoms with E-state index in [2.05, 4.69) is 29.0 Å². The second kappa shape index (κ2) is 8.94. The maximum absolute atomic E-state index is 6.63. The van der Waals surface area contributed by atoms with E-state index in [-0.39, 0.29) is 0 Å². The van der Waals surface area contributed by atoms with Gasteiger partial charge in [-0.05, 0) is 40.1 Å². The molecular formula is C20H25ClN4O2S. The number of benzene rings is 1. The third kappa shape index (κ3) is 4.66. The molecule has 0 unspecified atom stereocenters. The number of nitrogens with one attached hydrogen (secondary N) is 1. The first kappa shape index (κ1) is 20.6. The summed E-state index contributed by atoms with van der Waals surface area (Å²) in [5.41, 5.74) is 2.14. The van der Waals surface area contributed by atoms with E-state index in [0.717, 1.165) is 22.8 Å². The molecule has 3 rings (SSSR count). The maximum Gasteiger partial charge on any atom is 0.183 e. The number of anilines is 1. The van der Waals surface area contributed by atoms with Crippen LogP contribution in [0.1, 0.15) is 13.8 Å². The zero-order valence-electron chi connectivity index (χ0n) is 16.7. The van der Waals surface area contributed by atoms with E-state index in [1.807, 2.05) is 37.7 Å². The second-order valence-corrected chi connectivity index (χ2v) is 8.21. The fraction of sp³-hybridized carbons (Fsp3) is 0.400. The molecule has 28 heavy (non-hydrogen) atoms. The number of likely N-dealkylation sites (N-methyl/N-ethyl adjacent to an activating group) is 1. The lowest BCUT2D eigenvalue weighted by molar-refractivity contribution is 0.261. The fourth-order valence-corrected chi connectivity index (χ4v) is 3.78. The molecule has 0 saturated carbocycles. The Labute approximate surface area is 174 Å². The zero-order chi connectivity index (χ0) is 20.3. The Balaban J connectivity index is 2.00. The maximum atomic E-state index is 6.63. The Morgan fingerprint density at radius 3 is 2.64 bits per heavy atom. The summed E-state index contributed by atoms with van der Waals surface area (Å²) < 4.78 is 11.4. The van der Waals surface area contributed by atoms with Gasteiger partial charge in [0.2, 0.25) is 0 Å². The highest BCUT2D eigenvalue weighted by atomic mass is 35.5. The number of pyridine rings is 1. The van der Waals surface area contributed by atoms with E-state index in [4.69, 9.17) is 26.1 Å². The predicted molar refractivity (Wildman–Crippen MR) is 117 cm³/mol. The van der Waals surface area contributed by atoms with Gasteiger partial charge in [0, 0.05) is 29.4 Å². The topological polar surface area (TPSA) is 59.5 Å². The van der Waals surface area contributed by atoms with Crippen molar-refractivity contribution < 1.29 is 9.47 Å². The van der Waals surface area contributed by atoms with Gasteiger partial charge in [0.25, 0.3) is 0 Å². The van der Waals surface area contributed by atoms with Crippen molar-refractivity contribution in [3.8, 4) is 22.9 Å². The number of hydrogen-bond donors (Lipinski definition) is 1. The summed E-state index contributed by atoms with van der Waals surface area (Å²) in [5, 5.41) is 7.47. The first-order valence-electron chi connectivity index (χ1n) is 9.06. The summed E-state index contributed by atoms with van der Waals surface area (Å²) in [4.78, 5) is 11.5. The molecule has 1 aromatic carbocycles. The molecule has 1 N–H and O–H groups in total. The van der Waals surface area contributed by atoms with E-state index in [0.29, 0.717) is 40.4 Å². The molecule has 0 aliphatic heterocycles. The molecule has 0 saturated heterocycles. The molecule has 0 spiro atoms. The van der Waals surface area contributed by atoms with Gasteiger partial charge in [-0.3, -0.25) is 0 Å². The summed E-state index contributed by atoms with van der Waals surface area (Å²) in [5.74, 6) is 1.32. The molecular weight excluding hydrogens is 396 g/mol. The molecule has 0 bridgehead atoms. The van der Waals surface area contributed by atoms with Gasteiger partial charge >= 0.3 is 0 Å². The van der Waals surface area contributed by atoms with Crippen molar-refractivity contribution in [2.75, 3.05) is 39.7 Å². The quantitative estimate of drug-likeness (QED) is 0.565. The molecule has 0 aliphatic carbocycles. The van der Waals surface area contributed by atoms with Gasteiger partial charge in [-0.1, -0.05) is 11.6 Å². The van der Waals surface area contributed by atoms with Crippen molar-refractivity contribution in [2.24, 2.45) is 0 Å². The normalized spacial score (nSPS) is 11.4. The number of hydrogen-bond acceptors (Lipinski definition) is 7. The van der Waals surface area contributed by atoms with E-state index in [1.54, 1.807) is 18.4 Å². The van der Waals surface area contributed by atoms with Crippen molar-refractivity contribution in [1.82, 2.24) is 14.9 Å². The Morgan fingerprint density at radius 1 is 1.18 bits per heavy atom. The van der Waals surface area contributed by atoms with Crippen molar-refractivity contribution in [3.63, 3.8) is 0 Å². The van der Waals surface area contributed by atoms with Crippen LogP contribution in [0.25, 0.3) is 22.3 Å². The standard InChI is InChI=1S/C20H25ClN4O2S/c1-12(2)22-20-24-15(11-28-20)14-10-17(26-5)13-6-7-16(18(21)19(13)23-14)27-9-8-25(3)4/h6-7,10-12H,8-9H2,1-5H3,(H,22,24). The lowest BCUT2D eigenvalue weighted by Crippen LogP contribution is -2.19. The van der Waals surface area contributed by atoms with E-state index < -0.39 is 0 Å². The minimum atomic E-state index is 0.314. The molecule has 3 aromatic rings. The van der Waals surface area contributed by atoms with Gasteiger partial charge in [-0.25, -0.2) is 9.97 Å². The van der Waals surface area contributed by atoms with Gasteiger partial charge in [0.05, 0.1) is 18.3 Å². The van der Waals surface area contributed by atoms with E-state index in [9.17, 15) is 0 Å². The number of thiazole rings is 1. The monoisotopic (exact) mass is 420 g/mol. The van der Waals surface area contributed by atoms with Crippen LogP contribution in [0.5, 0.6) is 11.5 Å². The predicted octanol–water partition coefficient (Wildman–Crippen LogP) is 4.78. The highest BCUT2D eigenvalue weighted by molar-refractivity contribution is 7.14. The molecule has 8 heteroatoms. The van der Waals surface area contributed by atoms with Crippen LogP contribution in [0.15, 0.2) is 23.6 Å². The molecule has 150 valence electrons. The Kier molecular flexibility index (Phi) is 6.59. The second-order valence-electron chi connectivity index (χ2n) is 6.97. The van der Waals surface area contributed by atoms with Crippen molar-refractivity contribution in [3.05, 3.63) is 28.6 Å². The number of ether oxygens (including phenoxy) is 2. The van der Waals surface area contributed by atoms with Gasteiger partial charge in [0.1, 0.15) is 28.8 Å². The van der Waals surface area contributed by atoms with Crippen molar-refractivity contribution in [1.29, 1.82) is 0 Å². The smallest absolute Gasteiger partial charge is 0.183 e. The third-order valence-corrected chi connectivity index (χ3v) is 5.18. The molecule has 0 amide bonds. The van der Waals surface area contributed by atoms with Crippen molar-refractivity contribution in [2.45, 2.75) is 19.9 Å². The van der Waals surface area contributed by atoms with Gasteiger partial charge < -0.3 is 19.7 Å². The summed E-state index contributed by atoms with van der Waals surface area (Å²) >= 11 is 8.18. The minimum Gasteiger partial charge on any atom is -0.496 e. The van der Waals surface area contributed by atoms with Gasteiger partial charge in [-0.15, -0.1) is 11.3 Å². The molecule has 0 aliphatic rings. The molecule has 0 atom stereocenters. The zero-order valence-corrected chi connectivity index (χ0v) is 18.3. The summed E-state index contributed by atoms with van der Waals surface area (Å²) in [7, 11) is 5.64. The lowest BCUT2D eigenvalue weighted by Gasteiger charge is -2.14. The summed E-state index contributed by atoms with van der Waals surface area (Å²) in [6, 6.07) is 5.99. The average molecular weight is 421 g/mol. The number of fused-ring (bicyclic) bond motifs is 1. The molecule has 6 nitrogen and oxygen atoms in total. The summed E-state index contributed by atoms with van der Waals surface area (Å²) in [6.45, 7) is 5.51. The first-order chi connectivity index (χ1) is 13.4. The van der Waals surface area contributed by atoms with Gasteiger partial charge in [-0.2, -0.15) is 0 Å². The largest absolute Gasteiger partial charge is 0.496 e. The van der Waals surface area contributed by atoms with Crippen LogP contribution >= 0.6 is 22.9 Å². The van der Waals surface area contributed by atoms with Crippen LogP contribution in [-0.2, 0) is 0 Å². The number of rotatable bonds is 8. The van der Waals surface area contributed by atoms with E-state index in [1.165, 1.54) is 0 Å². The molecule has 2 aromatic heterocycles. The highest BCUT2D eigenvalue weighted by Gasteiger charge is 2.16. The third-order valence-electron chi connectivity index (χ3n) is 4.04.